The van der Waals surface area contributed by atoms with Gasteiger partial charge in [-0.05, 0) is 65.0 Å². The van der Waals surface area contributed by atoms with Gasteiger partial charge in [0.05, 0.1) is 5.02 Å². The van der Waals surface area contributed by atoms with E-state index in [9.17, 15) is 0 Å². The molecule has 1 aromatic carbocycles. The van der Waals surface area contributed by atoms with Gasteiger partial charge in [0.1, 0.15) is 0 Å². The number of hydrogen-bond acceptors (Lipinski definition) is 2. The van der Waals surface area contributed by atoms with Crippen molar-refractivity contribution in [2.45, 2.75) is 19.4 Å². The van der Waals surface area contributed by atoms with Gasteiger partial charge in [0.15, 0.2) is 0 Å². The van der Waals surface area contributed by atoms with Gasteiger partial charge in [-0.25, -0.2) is 0 Å². The van der Waals surface area contributed by atoms with Crippen molar-refractivity contribution in [3.8, 4) is 0 Å². The van der Waals surface area contributed by atoms with Gasteiger partial charge in [0, 0.05) is 24.1 Å². The molecular weight excluding hydrogens is 347 g/mol. The van der Waals surface area contributed by atoms with E-state index in [1.165, 1.54) is 44.6 Å². The minimum atomic E-state index is 0. The molecule has 1 unspecified atom stereocenters. The smallest absolute Gasteiger partial charge is 0.0551 e. The first-order valence-corrected chi connectivity index (χ1v) is 7.71. The number of likely N-dealkylation sites (tertiary alicyclic amines) is 1. The molecule has 2 aliphatic heterocycles. The van der Waals surface area contributed by atoms with Gasteiger partial charge in [-0.3, -0.25) is 4.90 Å². The van der Waals surface area contributed by atoms with Crippen molar-refractivity contribution in [3.63, 3.8) is 0 Å². The van der Waals surface area contributed by atoms with E-state index in [0.29, 0.717) is 5.41 Å². The Morgan fingerprint density at radius 1 is 1.37 bits per heavy atom. The maximum absolute atomic E-state index is 6.14. The zero-order valence-electron chi connectivity index (χ0n) is 10.8. The Morgan fingerprint density at radius 3 is 2.89 bits per heavy atom. The Bertz CT molecular complexity index is 447. The van der Waals surface area contributed by atoms with Crippen LogP contribution in [0.5, 0.6) is 0 Å². The van der Waals surface area contributed by atoms with Crippen LogP contribution in [0.2, 0.25) is 5.02 Å². The summed E-state index contributed by atoms with van der Waals surface area (Å²) >= 11 is 9.58. The fourth-order valence-electron chi connectivity index (χ4n) is 3.20. The summed E-state index contributed by atoms with van der Waals surface area (Å²) < 4.78 is 0.978. The lowest BCUT2D eigenvalue weighted by Crippen LogP contribution is -2.28. The zero-order chi connectivity index (χ0) is 12.6. The largest absolute Gasteiger partial charge is 0.316 e. The monoisotopic (exact) mass is 364 g/mol. The molecule has 0 saturated carbocycles. The van der Waals surface area contributed by atoms with Gasteiger partial charge in [-0.1, -0.05) is 17.7 Å². The lowest BCUT2D eigenvalue weighted by atomic mass is 9.87. The van der Waals surface area contributed by atoms with E-state index >= 15 is 0 Å². The van der Waals surface area contributed by atoms with E-state index in [1.807, 2.05) is 6.07 Å². The topological polar surface area (TPSA) is 15.3 Å². The number of nitrogens with one attached hydrogen (secondary N) is 1. The van der Waals surface area contributed by atoms with E-state index < -0.39 is 0 Å². The SMILES string of the molecule is Cl.Clc1cc(CN2CCC3(CCNC3)C2)ccc1Br. The second-order valence-corrected chi connectivity index (χ2v) is 6.90. The molecule has 3 rings (SSSR count). The van der Waals surface area contributed by atoms with Gasteiger partial charge in [-0.2, -0.15) is 0 Å². The standard InChI is InChI=1S/C14H18BrClN2.ClH/c15-12-2-1-11(7-13(12)16)8-18-6-4-14(10-18)3-5-17-9-14;/h1-2,7,17H,3-6,8-10H2;1H. The van der Waals surface area contributed by atoms with Gasteiger partial charge in [0.2, 0.25) is 0 Å². The molecule has 0 amide bonds. The summed E-state index contributed by atoms with van der Waals surface area (Å²) in [6.07, 6.45) is 2.68. The molecule has 0 radical (unpaired) electrons. The average molecular weight is 366 g/mol. The third kappa shape index (κ3) is 3.45. The van der Waals surface area contributed by atoms with Crippen molar-refractivity contribution in [2.75, 3.05) is 26.2 Å². The summed E-state index contributed by atoms with van der Waals surface area (Å²) in [5.74, 6) is 0. The van der Waals surface area contributed by atoms with Crippen LogP contribution in [-0.4, -0.2) is 31.1 Å². The third-order valence-corrected chi connectivity index (χ3v) is 5.47. The number of rotatable bonds is 2. The van der Waals surface area contributed by atoms with E-state index in [1.54, 1.807) is 0 Å². The Balaban J connectivity index is 0.00000133. The maximum Gasteiger partial charge on any atom is 0.0551 e. The van der Waals surface area contributed by atoms with Gasteiger partial charge < -0.3 is 5.32 Å². The van der Waals surface area contributed by atoms with Crippen molar-refractivity contribution in [1.82, 2.24) is 10.2 Å². The summed E-state index contributed by atoms with van der Waals surface area (Å²) in [6, 6.07) is 6.28. The second kappa shape index (κ2) is 6.31. The van der Waals surface area contributed by atoms with Crippen LogP contribution in [0.25, 0.3) is 0 Å². The fourth-order valence-corrected chi connectivity index (χ4v) is 3.65. The first-order chi connectivity index (χ1) is 8.67. The van der Waals surface area contributed by atoms with Crippen molar-refractivity contribution in [1.29, 1.82) is 0 Å². The molecule has 0 bridgehead atoms. The fraction of sp³-hybridized carbons (Fsp3) is 0.571. The molecule has 1 aromatic rings. The van der Waals surface area contributed by atoms with Crippen LogP contribution in [0.3, 0.4) is 0 Å². The minimum Gasteiger partial charge on any atom is -0.316 e. The molecule has 2 heterocycles. The van der Waals surface area contributed by atoms with Crippen LogP contribution in [0, 0.1) is 5.41 Å². The third-order valence-electron chi connectivity index (χ3n) is 4.24. The van der Waals surface area contributed by atoms with Crippen LogP contribution in [0.4, 0.5) is 0 Å². The molecule has 19 heavy (non-hydrogen) atoms. The normalized spacial score (nSPS) is 26.8. The molecule has 2 nitrogen and oxygen atoms in total. The number of halogens is 3. The number of hydrogen-bond donors (Lipinski definition) is 1. The molecule has 2 fully saturated rings. The van der Waals surface area contributed by atoms with Crippen molar-refractivity contribution < 1.29 is 0 Å². The lowest BCUT2D eigenvalue weighted by molar-refractivity contribution is 0.268. The van der Waals surface area contributed by atoms with Crippen LogP contribution >= 0.6 is 39.9 Å². The van der Waals surface area contributed by atoms with Crippen molar-refractivity contribution in [2.24, 2.45) is 5.41 Å². The van der Waals surface area contributed by atoms with E-state index in [4.69, 9.17) is 11.6 Å². The van der Waals surface area contributed by atoms with E-state index in [2.05, 4.69) is 38.3 Å². The zero-order valence-corrected chi connectivity index (χ0v) is 14.0. The van der Waals surface area contributed by atoms with Crippen LogP contribution < -0.4 is 5.32 Å². The molecule has 1 N–H and O–H groups in total. The van der Waals surface area contributed by atoms with Gasteiger partial charge in [0.25, 0.3) is 0 Å². The Labute approximate surface area is 134 Å². The summed E-state index contributed by atoms with van der Waals surface area (Å²) in [7, 11) is 0. The number of benzene rings is 1. The molecular formula is C14H19BrCl2N2. The highest BCUT2D eigenvalue weighted by atomic mass is 79.9. The van der Waals surface area contributed by atoms with Crippen molar-refractivity contribution in [3.05, 3.63) is 33.3 Å². The highest BCUT2D eigenvalue weighted by molar-refractivity contribution is 9.10. The second-order valence-electron chi connectivity index (χ2n) is 5.64. The molecule has 106 valence electrons. The van der Waals surface area contributed by atoms with E-state index in [0.717, 1.165) is 16.0 Å². The molecule has 1 spiro atoms. The quantitative estimate of drug-likeness (QED) is 0.859. The first-order valence-electron chi connectivity index (χ1n) is 6.54. The highest BCUT2D eigenvalue weighted by Gasteiger charge is 2.39. The van der Waals surface area contributed by atoms with Crippen LogP contribution in [0.1, 0.15) is 18.4 Å². The molecule has 0 aromatic heterocycles. The molecule has 2 saturated heterocycles. The highest BCUT2D eigenvalue weighted by Crippen LogP contribution is 2.36. The van der Waals surface area contributed by atoms with Crippen LogP contribution in [-0.2, 0) is 6.54 Å². The Morgan fingerprint density at radius 2 is 2.21 bits per heavy atom. The summed E-state index contributed by atoms with van der Waals surface area (Å²) in [5, 5.41) is 4.31. The summed E-state index contributed by atoms with van der Waals surface area (Å²) in [6.45, 7) is 5.86. The minimum absolute atomic E-state index is 0. The van der Waals surface area contributed by atoms with Gasteiger partial charge >= 0.3 is 0 Å². The maximum atomic E-state index is 6.14. The average Bonchev–Trinajstić information content (AvgIpc) is 2.96. The molecule has 0 aliphatic carbocycles. The lowest BCUT2D eigenvalue weighted by Gasteiger charge is -2.22. The van der Waals surface area contributed by atoms with Crippen LogP contribution in [0.15, 0.2) is 22.7 Å². The Hall–Kier alpha value is 0.200. The molecule has 2 aliphatic rings. The Kier molecular flexibility index (Phi) is 5.18. The first kappa shape index (κ1) is 15.6. The predicted molar refractivity (Wildman–Crippen MR) is 86.2 cm³/mol. The number of nitrogens with zero attached hydrogens (tertiary/aromatic N) is 1. The summed E-state index contributed by atoms with van der Waals surface area (Å²) in [4.78, 5) is 2.56. The molecule has 5 heteroatoms. The molecule has 1 atom stereocenters. The predicted octanol–water partition coefficient (Wildman–Crippen LogP) is 3.71. The summed E-state index contributed by atoms with van der Waals surface area (Å²) in [5.41, 5.74) is 1.87. The van der Waals surface area contributed by atoms with E-state index in [-0.39, 0.29) is 12.4 Å². The van der Waals surface area contributed by atoms with Gasteiger partial charge in [-0.15, -0.1) is 12.4 Å². The van der Waals surface area contributed by atoms with Crippen molar-refractivity contribution >= 4 is 39.9 Å².